The Morgan fingerprint density at radius 1 is 0.556 bits per heavy atom. The van der Waals surface area contributed by atoms with Gasteiger partial charge in [-0.15, -0.1) is 0 Å². The fourth-order valence-electron chi connectivity index (χ4n) is 6.35. The number of methoxy groups -OCH3 is 2. The fourth-order valence-corrected chi connectivity index (χ4v) is 6.35. The average Bonchev–Trinajstić information content (AvgIpc) is 3.06. The van der Waals surface area contributed by atoms with Crippen molar-refractivity contribution in [2.45, 2.75) is 77.4 Å². The summed E-state index contributed by atoms with van der Waals surface area (Å²) in [6, 6.07) is 12.9. The molecule has 45 heavy (non-hydrogen) atoms. The maximum atomic E-state index is 12.2. The molecule has 2 aliphatic rings. The van der Waals surface area contributed by atoms with Gasteiger partial charge in [-0.3, -0.25) is 0 Å². The molecule has 0 amide bonds. The Balaban J connectivity index is 1.14. The number of rotatable bonds is 8. The second-order valence-corrected chi connectivity index (χ2v) is 11.8. The van der Waals surface area contributed by atoms with Crippen LogP contribution >= 0.6 is 0 Å². The maximum absolute atomic E-state index is 12.2. The lowest BCUT2D eigenvalue weighted by molar-refractivity contribution is -0.209. The van der Waals surface area contributed by atoms with Gasteiger partial charge >= 0.3 is 24.2 Å². The number of hydrogen-bond acceptors (Lipinski definition) is 12. The van der Waals surface area contributed by atoms with Crippen LogP contribution in [0.15, 0.2) is 48.5 Å². The van der Waals surface area contributed by atoms with Crippen LogP contribution in [0, 0.1) is 17.3 Å². The first kappa shape index (κ1) is 33.4. The summed E-state index contributed by atoms with van der Waals surface area (Å²) in [6.07, 6.45) is 3.35. The van der Waals surface area contributed by atoms with Gasteiger partial charge in [0.2, 0.25) is 0 Å². The van der Waals surface area contributed by atoms with Crippen LogP contribution in [0.5, 0.6) is 11.5 Å². The van der Waals surface area contributed by atoms with Gasteiger partial charge in [0.15, 0.2) is 0 Å². The van der Waals surface area contributed by atoms with Crippen molar-refractivity contribution in [2.24, 2.45) is 17.3 Å². The highest BCUT2D eigenvalue weighted by Crippen LogP contribution is 2.49. The molecule has 2 saturated carbocycles. The van der Waals surface area contributed by atoms with E-state index in [9.17, 15) is 19.2 Å². The van der Waals surface area contributed by atoms with Gasteiger partial charge in [-0.1, -0.05) is 38.1 Å². The number of ether oxygens (including phenoxy) is 4. The Morgan fingerprint density at radius 3 is 1.27 bits per heavy atom. The van der Waals surface area contributed by atoms with E-state index in [1.165, 1.54) is 26.4 Å². The van der Waals surface area contributed by atoms with Gasteiger partial charge in [0.25, 0.3) is 0 Å². The second-order valence-electron chi connectivity index (χ2n) is 11.8. The number of carbonyl (C=O) groups is 4. The molecule has 12 nitrogen and oxygen atoms in total. The lowest BCUT2D eigenvalue weighted by atomic mass is 9.60. The molecular weight excluding hydrogens is 588 g/mol. The first-order chi connectivity index (χ1) is 21.6. The molecule has 0 unspecified atom stereocenters. The molecule has 0 N–H and O–H groups in total. The molecule has 0 radical (unpaired) electrons. The summed E-state index contributed by atoms with van der Waals surface area (Å²) in [5, 5.41) is 0. The molecule has 0 aromatic heterocycles. The van der Waals surface area contributed by atoms with Crippen LogP contribution in [0.25, 0.3) is 0 Å². The van der Waals surface area contributed by atoms with E-state index >= 15 is 0 Å². The average molecular weight is 629 g/mol. The third kappa shape index (κ3) is 8.80. The Bertz CT molecular complexity index is 1220. The minimum atomic E-state index is -1.06. The summed E-state index contributed by atoms with van der Waals surface area (Å²) in [6.45, 7) is 4.53. The summed E-state index contributed by atoms with van der Waals surface area (Å²) < 4.78 is 21.0. The van der Waals surface area contributed by atoms with E-state index in [0.29, 0.717) is 49.0 Å². The molecule has 2 fully saturated rings. The van der Waals surface area contributed by atoms with Crippen LogP contribution in [0.3, 0.4) is 0 Å². The molecule has 0 aliphatic heterocycles. The minimum absolute atomic E-state index is 0.0193. The third-order valence-electron chi connectivity index (χ3n) is 9.00. The van der Waals surface area contributed by atoms with Gasteiger partial charge < -0.3 is 18.9 Å². The maximum Gasteiger partial charge on any atom is 0.550 e. The van der Waals surface area contributed by atoms with E-state index in [-0.39, 0.29) is 28.7 Å². The SMILES string of the molecule is COc1ccccc1C(=O)OOC(=O)OC1CCC(C(C)(C)C2CCC(OC(=O)OOC(=O)c3ccccc3OC)CC2)CC1. The lowest BCUT2D eigenvalue weighted by Gasteiger charge is -2.46. The van der Waals surface area contributed by atoms with Crippen LogP contribution in [-0.2, 0) is 29.0 Å². The zero-order valence-corrected chi connectivity index (χ0v) is 26.0. The van der Waals surface area contributed by atoms with Crippen molar-refractivity contribution in [3.05, 3.63) is 59.7 Å². The van der Waals surface area contributed by atoms with Crippen LogP contribution in [0.4, 0.5) is 9.59 Å². The molecule has 2 aliphatic carbocycles. The molecule has 0 bridgehead atoms. The van der Waals surface area contributed by atoms with Crippen LogP contribution < -0.4 is 9.47 Å². The molecule has 2 aromatic carbocycles. The van der Waals surface area contributed by atoms with Gasteiger partial charge in [0, 0.05) is 0 Å². The fraction of sp³-hybridized carbons (Fsp3) is 0.515. The molecule has 12 heteroatoms. The predicted molar refractivity (Wildman–Crippen MR) is 157 cm³/mol. The molecule has 2 aromatic rings. The topological polar surface area (TPSA) is 142 Å². The van der Waals surface area contributed by atoms with Gasteiger partial charge in [-0.05, 0) is 92.9 Å². The van der Waals surface area contributed by atoms with Crippen molar-refractivity contribution >= 4 is 24.2 Å². The largest absolute Gasteiger partial charge is 0.550 e. The van der Waals surface area contributed by atoms with E-state index in [1.807, 2.05) is 0 Å². The van der Waals surface area contributed by atoms with Crippen molar-refractivity contribution in [3.63, 3.8) is 0 Å². The highest BCUT2D eigenvalue weighted by molar-refractivity contribution is 5.93. The van der Waals surface area contributed by atoms with Crippen molar-refractivity contribution < 1.29 is 57.7 Å². The van der Waals surface area contributed by atoms with Gasteiger partial charge in [-0.25, -0.2) is 29.1 Å². The summed E-state index contributed by atoms with van der Waals surface area (Å²) >= 11 is 0. The standard InChI is InChI=1S/C33H40O12/c1-33(2,21-13-17-23(18-14-21)40-31(36)44-42-29(34)25-9-5-7-11-27(25)38-3)22-15-19-24(20-16-22)41-32(37)45-43-30(35)26-10-6-8-12-28(26)39-4/h5-12,21-24H,13-20H2,1-4H3. The van der Waals surface area contributed by atoms with Crippen LogP contribution in [-0.4, -0.2) is 50.7 Å². The van der Waals surface area contributed by atoms with Gasteiger partial charge in [-0.2, -0.15) is 9.59 Å². The normalized spacial score (nSPS) is 21.4. The first-order valence-electron chi connectivity index (χ1n) is 15.1. The third-order valence-corrected chi connectivity index (χ3v) is 9.00. The summed E-state index contributed by atoms with van der Waals surface area (Å²) in [4.78, 5) is 67.3. The van der Waals surface area contributed by atoms with E-state index in [1.54, 1.807) is 36.4 Å². The number of para-hydroxylation sites is 2. The summed E-state index contributed by atoms with van der Waals surface area (Å²) in [5.41, 5.74) is 0.273. The monoisotopic (exact) mass is 628 g/mol. The molecule has 0 heterocycles. The Kier molecular flexibility index (Phi) is 11.5. The number of hydrogen-bond donors (Lipinski definition) is 0. The smallest absolute Gasteiger partial charge is 0.496 e. The van der Waals surface area contributed by atoms with Crippen LogP contribution in [0.1, 0.15) is 85.9 Å². The summed E-state index contributed by atoms with van der Waals surface area (Å²) in [7, 11) is 2.84. The zero-order valence-electron chi connectivity index (χ0n) is 26.0. The predicted octanol–water partition coefficient (Wildman–Crippen LogP) is 7.00. The Hall–Kier alpha value is -4.48. The van der Waals surface area contributed by atoms with Crippen molar-refractivity contribution in [1.29, 1.82) is 0 Å². The summed E-state index contributed by atoms with van der Waals surface area (Å²) in [5.74, 6) is -0.296. The molecular formula is C33H40O12. The molecule has 0 spiro atoms. The van der Waals surface area contributed by atoms with Gasteiger partial charge in [0.05, 0.1) is 14.2 Å². The van der Waals surface area contributed by atoms with E-state index in [0.717, 1.165) is 25.7 Å². The van der Waals surface area contributed by atoms with Crippen molar-refractivity contribution in [1.82, 2.24) is 0 Å². The molecule has 4 rings (SSSR count). The molecule has 0 atom stereocenters. The van der Waals surface area contributed by atoms with E-state index in [2.05, 4.69) is 33.4 Å². The highest BCUT2D eigenvalue weighted by Gasteiger charge is 2.41. The first-order valence-corrected chi connectivity index (χ1v) is 15.1. The second kappa shape index (κ2) is 15.5. The van der Waals surface area contributed by atoms with Crippen LogP contribution in [0.2, 0.25) is 0 Å². The number of carbonyl (C=O) groups excluding carboxylic acids is 4. The Morgan fingerprint density at radius 2 is 0.911 bits per heavy atom. The highest BCUT2D eigenvalue weighted by atomic mass is 17.2. The minimum Gasteiger partial charge on any atom is -0.496 e. The van der Waals surface area contributed by atoms with E-state index in [4.69, 9.17) is 18.9 Å². The van der Waals surface area contributed by atoms with Crippen molar-refractivity contribution in [3.8, 4) is 11.5 Å². The lowest BCUT2D eigenvalue weighted by Crippen LogP contribution is -2.39. The van der Waals surface area contributed by atoms with E-state index < -0.39 is 24.2 Å². The quantitative estimate of drug-likeness (QED) is 0.169. The van der Waals surface area contributed by atoms with Crippen molar-refractivity contribution in [2.75, 3.05) is 14.2 Å². The van der Waals surface area contributed by atoms with Gasteiger partial charge in [0.1, 0.15) is 34.8 Å². The molecule has 244 valence electrons. The zero-order chi connectivity index (χ0) is 32.4. The Labute approximate surface area is 262 Å². The molecule has 0 saturated heterocycles. The number of benzene rings is 2.